The molecular weight excluding hydrogens is 154 g/mol. The van der Waals surface area contributed by atoms with Crippen molar-refractivity contribution in [3.05, 3.63) is 0 Å². The van der Waals surface area contributed by atoms with Gasteiger partial charge in [-0.1, -0.05) is 0 Å². The van der Waals surface area contributed by atoms with Crippen LogP contribution in [0.2, 0.25) is 0 Å². The fourth-order valence-corrected chi connectivity index (χ4v) is 1.24. The van der Waals surface area contributed by atoms with Gasteiger partial charge in [0.1, 0.15) is 0 Å². The van der Waals surface area contributed by atoms with Crippen LogP contribution in [0.3, 0.4) is 0 Å². The molecule has 2 atom stereocenters. The first kappa shape index (κ1) is 9.72. The molecule has 0 radical (unpaired) electrons. The van der Waals surface area contributed by atoms with Gasteiger partial charge in [0.15, 0.2) is 0 Å². The normalized spacial score (nSPS) is 31.3. The van der Waals surface area contributed by atoms with Crippen molar-refractivity contribution >= 4 is 18.4 Å². The molecule has 1 fully saturated rings. The van der Waals surface area contributed by atoms with Gasteiger partial charge < -0.3 is 10.8 Å². The number of rotatable bonds is 1. The zero-order valence-corrected chi connectivity index (χ0v) is 6.43. The molecule has 0 amide bonds. The van der Waals surface area contributed by atoms with Crippen LogP contribution in [0.4, 0.5) is 0 Å². The smallest absolute Gasteiger partial charge is 0.306 e. The number of hydrogen-bond acceptors (Lipinski definition) is 2. The van der Waals surface area contributed by atoms with Crippen molar-refractivity contribution in [3.8, 4) is 0 Å². The van der Waals surface area contributed by atoms with Crippen LogP contribution in [0.25, 0.3) is 0 Å². The molecule has 0 bridgehead atoms. The summed E-state index contributed by atoms with van der Waals surface area (Å²) < 4.78 is 0. The van der Waals surface area contributed by atoms with E-state index in [1.165, 1.54) is 0 Å². The minimum absolute atomic E-state index is 0. The summed E-state index contributed by atoms with van der Waals surface area (Å²) in [5.41, 5.74) is 5.50. The number of hydrogen-bond donors (Lipinski definition) is 2. The van der Waals surface area contributed by atoms with Gasteiger partial charge in [-0.25, -0.2) is 0 Å². The first-order chi connectivity index (χ1) is 4.20. The third-order valence-electron chi connectivity index (χ3n) is 1.82. The lowest BCUT2D eigenvalue weighted by molar-refractivity contribution is -0.141. The Kier molecular flexibility index (Phi) is 3.68. The molecule has 1 saturated carbocycles. The molecule has 0 heterocycles. The summed E-state index contributed by atoms with van der Waals surface area (Å²) in [6, 6.07) is 0.131. The highest BCUT2D eigenvalue weighted by molar-refractivity contribution is 5.85. The fraction of sp³-hybridized carbons (Fsp3) is 0.833. The van der Waals surface area contributed by atoms with E-state index in [4.69, 9.17) is 10.8 Å². The van der Waals surface area contributed by atoms with E-state index in [1.807, 2.05) is 0 Å². The molecule has 0 aliphatic heterocycles. The van der Waals surface area contributed by atoms with E-state index in [0.29, 0.717) is 6.42 Å². The molecule has 3 nitrogen and oxygen atoms in total. The van der Waals surface area contributed by atoms with Crippen molar-refractivity contribution in [2.45, 2.75) is 25.3 Å². The van der Waals surface area contributed by atoms with Gasteiger partial charge in [0.25, 0.3) is 0 Å². The van der Waals surface area contributed by atoms with E-state index in [9.17, 15) is 4.79 Å². The number of carbonyl (C=O) groups is 1. The quantitative estimate of drug-likeness (QED) is 0.599. The molecule has 4 heteroatoms. The predicted octanol–water partition coefficient (Wildman–Crippen LogP) is 0.620. The first-order valence-electron chi connectivity index (χ1n) is 3.18. The molecule has 0 aromatic carbocycles. The van der Waals surface area contributed by atoms with Crippen LogP contribution >= 0.6 is 12.4 Å². The SMILES string of the molecule is Cl.N[C@H]1CC[C@@H](C(=O)O)C1. The Balaban J connectivity index is 0.000000810. The molecule has 60 valence electrons. The monoisotopic (exact) mass is 165 g/mol. The second-order valence-electron chi connectivity index (χ2n) is 2.61. The van der Waals surface area contributed by atoms with Crippen molar-refractivity contribution in [3.63, 3.8) is 0 Å². The second kappa shape index (κ2) is 3.78. The maximum atomic E-state index is 10.3. The highest BCUT2D eigenvalue weighted by Gasteiger charge is 2.26. The van der Waals surface area contributed by atoms with Gasteiger partial charge in [-0.05, 0) is 19.3 Å². The topological polar surface area (TPSA) is 63.3 Å². The van der Waals surface area contributed by atoms with Crippen molar-refractivity contribution in [1.82, 2.24) is 0 Å². The van der Waals surface area contributed by atoms with Crippen LogP contribution in [0.1, 0.15) is 19.3 Å². The van der Waals surface area contributed by atoms with Crippen molar-refractivity contribution in [2.75, 3.05) is 0 Å². The van der Waals surface area contributed by atoms with Crippen molar-refractivity contribution < 1.29 is 9.90 Å². The predicted molar refractivity (Wildman–Crippen MR) is 40.2 cm³/mol. The number of halogens is 1. The van der Waals surface area contributed by atoms with E-state index >= 15 is 0 Å². The Morgan fingerprint density at radius 3 is 2.30 bits per heavy atom. The van der Waals surface area contributed by atoms with E-state index in [1.54, 1.807) is 0 Å². The first-order valence-corrected chi connectivity index (χ1v) is 3.18. The Labute approximate surface area is 66.0 Å². The molecule has 1 aliphatic rings. The van der Waals surface area contributed by atoms with Gasteiger partial charge in [-0.15, -0.1) is 12.4 Å². The zero-order valence-electron chi connectivity index (χ0n) is 5.62. The Hall–Kier alpha value is -0.280. The van der Waals surface area contributed by atoms with Gasteiger partial charge in [0.05, 0.1) is 5.92 Å². The lowest BCUT2D eigenvalue weighted by Crippen LogP contribution is -2.17. The van der Waals surface area contributed by atoms with Crippen LogP contribution in [0.15, 0.2) is 0 Å². The van der Waals surface area contributed by atoms with E-state index in [2.05, 4.69) is 0 Å². The zero-order chi connectivity index (χ0) is 6.85. The molecular formula is C6H12ClNO2. The summed E-state index contributed by atoms with van der Waals surface area (Å²) in [4.78, 5) is 10.3. The molecule has 1 rings (SSSR count). The second-order valence-corrected chi connectivity index (χ2v) is 2.61. The third kappa shape index (κ3) is 2.15. The van der Waals surface area contributed by atoms with Crippen LogP contribution < -0.4 is 5.73 Å². The lowest BCUT2D eigenvalue weighted by Gasteiger charge is -1.99. The molecule has 0 aromatic rings. The summed E-state index contributed by atoms with van der Waals surface area (Å²) in [7, 11) is 0. The molecule has 1 aliphatic carbocycles. The summed E-state index contributed by atoms with van der Waals surface area (Å²) in [6.07, 6.45) is 2.29. The number of aliphatic carboxylic acids is 1. The standard InChI is InChI=1S/C6H11NO2.ClH/c7-5-2-1-4(3-5)6(8)9;/h4-5H,1-3,7H2,(H,8,9);1H/t4-,5+;/m1./s1. The van der Waals surface area contributed by atoms with Crippen molar-refractivity contribution in [2.24, 2.45) is 11.7 Å². The molecule has 0 unspecified atom stereocenters. The summed E-state index contributed by atoms with van der Waals surface area (Å²) in [6.45, 7) is 0. The van der Waals surface area contributed by atoms with Crippen LogP contribution in [0.5, 0.6) is 0 Å². The van der Waals surface area contributed by atoms with Gasteiger partial charge >= 0.3 is 5.97 Å². The van der Waals surface area contributed by atoms with Crippen molar-refractivity contribution in [1.29, 1.82) is 0 Å². The summed E-state index contributed by atoms with van der Waals surface area (Å²) in [5.74, 6) is -0.858. The molecule has 3 N–H and O–H groups in total. The largest absolute Gasteiger partial charge is 0.481 e. The van der Waals surface area contributed by atoms with E-state index in [0.717, 1.165) is 12.8 Å². The Morgan fingerprint density at radius 1 is 1.50 bits per heavy atom. The minimum atomic E-state index is -0.692. The van der Waals surface area contributed by atoms with Gasteiger partial charge in [0, 0.05) is 6.04 Å². The highest BCUT2D eigenvalue weighted by Crippen LogP contribution is 2.23. The van der Waals surface area contributed by atoms with Gasteiger partial charge in [-0.3, -0.25) is 4.79 Å². The minimum Gasteiger partial charge on any atom is -0.481 e. The Morgan fingerprint density at radius 2 is 2.10 bits per heavy atom. The average molecular weight is 166 g/mol. The lowest BCUT2D eigenvalue weighted by atomic mass is 10.1. The van der Waals surface area contributed by atoms with Crippen LogP contribution in [-0.4, -0.2) is 17.1 Å². The average Bonchev–Trinajstić information content (AvgIpc) is 2.14. The van der Waals surface area contributed by atoms with E-state index in [-0.39, 0.29) is 24.4 Å². The summed E-state index contributed by atoms with van der Waals surface area (Å²) >= 11 is 0. The maximum absolute atomic E-state index is 10.3. The number of nitrogens with two attached hydrogens (primary N) is 1. The maximum Gasteiger partial charge on any atom is 0.306 e. The van der Waals surface area contributed by atoms with Crippen LogP contribution in [0, 0.1) is 5.92 Å². The molecule has 0 aromatic heterocycles. The molecule has 0 saturated heterocycles. The number of carboxylic acids is 1. The Bertz CT molecular complexity index is 129. The van der Waals surface area contributed by atoms with E-state index < -0.39 is 5.97 Å². The highest BCUT2D eigenvalue weighted by atomic mass is 35.5. The van der Waals surface area contributed by atoms with Gasteiger partial charge in [0.2, 0.25) is 0 Å². The van der Waals surface area contributed by atoms with Crippen LogP contribution in [-0.2, 0) is 4.79 Å². The van der Waals surface area contributed by atoms with Gasteiger partial charge in [-0.2, -0.15) is 0 Å². The third-order valence-corrected chi connectivity index (χ3v) is 1.82. The summed E-state index contributed by atoms with van der Waals surface area (Å²) in [5, 5.41) is 8.48. The molecule has 0 spiro atoms. The number of carboxylic acid groups (broad SMARTS) is 1. The molecule has 10 heavy (non-hydrogen) atoms. The fourth-order valence-electron chi connectivity index (χ4n) is 1.24.